The number of carbonyl (C=O) groups excluding carboxylic acids is 1. The third kappa shape index (κ3) is 2.60. The van der Waals surface area contributed by atoms with Crippen LogP contribution in [0, 0.1) is 0 Å². The van der Waals surface area contributed by atoms with Crippen LogP contribution in [0.5, 0.6) is 0 Å². The molecule has 2 heterocycles. The number of hydrogen-bond acceptors (Lipinski definition) is 2. The van der Waals surface area contributed by atoms with Crippen molar-refractivity contribution in [2.24, 2.45) is 0 Å². The summed E-state index contributed by atoms with van der Waals surface area (Å²) >= 11 is 0. The molecule has 0 bridgehead atoms. The number of amides is 1. The van der Waals surface area contributed by atoms with Gasteiger partial charge < -0.3 is 10.2 Å². The van der Waals surface area contributed by atoms with Crippen molar-refractivity contribution in [3.8, 4) is 0 Å². The Morgan fingerprint density at radius 3 is 2.37 bits per heavy atom. The summed E-state index contributed by atoms with van der Waals surface area (Å²) in [6, 6.07) is 17.1. The normalized spacial score (nSPS) is 23.4. The molecule has 0 aliphatic carbocycles. The van der Waals surface area contributed by atoms with Gasteiger partial charge in [0.25, 0.3) is 0 Å². The van der Waals surface area contributed by atoms with Crippen LogP contribution >= 0.6 is 0 Å². The summed E-state index contributed by atoms with van der Waals surface area (Å²) in [5.41, 5.74) is 4.28. The van der Waals surface area contributed by atoms with Gasteiger partial charge in [-0.05, 0) is 34.2 Å². The number of para-hydroxylation sites is 1. The van der Waals surface area contributed by atoms with E-state index in [1.54, 1.807) is 0 Å². The van der Waals surface area contributed by atoms with Crippen LogP contribution in [0.2, 0.25) is 0 Å². The average molecular weight is 361 g/mol. The maximum Gasteiger partial charge on any atom is 0.241 e. The number of benzene rings is 2. The van der Waals surface area contributed by atoms with Crippen molar-refractivity contribution in [2.45, 2.75) is 51.1 Å². The van der Waals surface area contributed by atoms with Gasteiger partial charge in [0.1, 0.15) is 5.66 Å². The molecule has 1 atom stereocenters. The minimum absolute atomic E-state index is 0.0744. The second-order valence-electron chi connectivity index (χ2n) is 9.25. The Morgan fingerprint density at radius 1 is 1.04 bits per heavy atom. The molecule has 0 saturated carbocycles. The van der Waals surface area contributed by atoms with Crippen molar-refractivity contribution in [1.29, 1.82) is 0 Å². The second-order valence-corrected chi connectivity index (χ2v) is 9.25. The molecular formula is C24H28N2O. The molecule has 0 spiro atoms. The highest BCUT2D eigenvalue weighted by molar-refractivity contribution is 5.91. The SMILES string of the molecule is CC(C)(C)c1ccc(/C=C/[C@@]23NC(=O)CN2c2ccccc2C3(C)C)cc1. The zero-order valence-electron chi connectivity index (χ0n) is 16.8. The Kier molecular flexibility index (Phi) is 3.78. The monoisotopic (exact) mass is 360 g/mol. The Morgan fingerprint density at radius 2 is 1.70 bits per heavy atom. The maximum atomic E-state index is 12.3. The number of rotatable bonds is 2. The number of carbonyl (C=O) groups is 1. The predicted molar refractivity (Wildman–Crippen MR) is 112 cm³/mol. The van der Waals surface area contributed by atoms with Gasteiger partial charge in [0.05, 0.1) is 6.54 Å². The van der Waals surface area contributed by atoms with E-state index in [4.69, 9.17) is 0 Å². The Bertz CT molecular complexity index is 918. The Hall–Kier alpha value is -2.55. The lowest BCUT2D eigenvalue weighted by Gasteiger charge is -2.40. The van der Waals surface area contributed by atoms with E-state index in [0.717, 1.165) is 11.3 Å². The van der Waals surface area contributed by atoms with Crippen LogP contribution in [-0.4, -0.2) is 18.1 Å². The molecule has 140 valence electrons. The summed E-state index contributed by atoms with van der Waals surface area (Å²) in [4.78, 5) is 14.6. The number of nitrogens with one attached hydrogen (secondary N) is 1. The molecule has 27 heavy (non-hydrogen) atoms. The van der Waals surface area contributed by atoms with Gasteiger partial charge in [-0.1, -0.05) is 83.2 Å². The second kappa shape index (κ2) is 5.72. The lowest BCUT2D eigenvalue weighted by molar-refractivity contribution is -0.118. The molecule has 1 amide bonds. The molecule has 2 aromatic rings. The molecular weight excluding hydrogens is 332 g/mol. The van der Waals surface area contributed by atoms with Gasteiger partial charge in [-0.3, -0.25) is 4.79 Å². The number of nitrogens with zero attached hydrogens (tertiary/aromatic N) is 1. The van der Waals surface area contributed by atoms with Gasteiger partial charge in [-0.15, -0.1) is 0 Å². The van der Waals surface area contributed by atoms with Gasteiger partial charge >= 0.3 is 0 Å². The molecule has 1 N–H and O–H groups in total. The number of anilines is 1. The van der Waals surface area contributed by atoms with Crippen LogP contribution in [-0.2, 0) is 15.6 Å². The number of hydrogen-bond donors (Lipinski definition) is 1. The van der Waals surface area contributed by atoms with E-state index >= 15 is 0 Å². The third-order valence-corrected chi connectivity index (χ3v) is 6.17. The van der Waals surface area contributed by atoms with E-state index in [1.807, 2.05) is 6.07 Å². The van der Waals surface area contributed by atoms with Crippen LogP contribution in [0.3, 0.4) is 0 Å². The zero-order valence-corrected chi connectivity index (χ0v) is 16.8. The lowest BCUT2D eigenvalue weighted by atomic mass is 9.75. The third-order valence-electron chi connectivity index (χ3n) is 6.17. The summed E-state index contributed by atoms with van der Waals surface area (Å²) in [5.74, 6) is 0.0744. The topological polar surface area (TPSA) is 32.3 Å². The van der Waals surface area contributed by atoms with Crippen LogP contribution < -0.4 is 10.2 Å². The van der Waals surface area contributed by atoms with Gasteiger partial charge in [0, 0.05) is 11.1 Å². The molecule has 0 aromatic heterocycles. The fraction of sp³-hybridized carbons (Fsp3) is 0.375. The van der Waals surface area contributed by atoms with E-state index in [0.29, 0.717) is 6.54 Å². The van der Waals surface area contributed by atoms with Crippen molar-refractivity contribution < 1.29 is 4.79 Å². The fourth-order valence-corrected chi connectivity index (χ4v) is 4.45. The molecule has 2 aliphatic heterocycles. The summed E-state index contributed by atoms with van der Waals surface area (Å²) < 4.78 is 0. The van der Waals surface area contributed by atoms with Crippen LogP contribution in [0.25, 0.3) is 6.08 Å². The molecule has 2 aromatic carbocycles. The molecule has 0 radical (unpaired) electrons. The zero-order chi connectivity index (χ0) is 19.4. The van der Waals surface area contributed by atoms with Crippen molar-refractivity contribution in [3.63, 3.8) is 0 Å². The standard InChI is InChI=1S/C24H28N2O/c1-22(2,3)18-12-10-17(11-13-18)14-15-24-23(4,5)19-8-6-7-9-20(19)26(24)16-21(27)25-24/h6-15H,16H2,1-5H3,(H,25,27)/b15-14+/t24-/m1/s1. The summed E-state index contributed by atoms with van der Waals surface area (Å²) in [6.07, 6.45) is 4.31. The highest BCUT2D eigenvalue weighted by atomic mass is 16.2. The molecule has 1 fully saturated rings. The molecule has 4 rings (SSSR count). The van der Waals surface area contributed by atoms with Crippen LogP contribution in [0.1, 0.15) is 51.3 Å². The first-order valence-electron chi connectivity index (χ1n) is 9.63. The lowest BCUT2D eigenvalue weighted by Crippen LogP contribution is -2.58. The first-order chi connectivity index (χ1) is 12.6. The largest absolute Gasteiger partial charge is 0.335 e. The highest BCUT2D eigenvalue weighted by Gasteiger charge is 2.59. The minimum Gasteiger partial charge on any atom is -0.335 e. The van der Waals surface area contributed by atoms with Crippen molar-refractivity contribution in [3.05, 3.63) is 71.3 Å². The summed E-state index contributed by atoms with van der Waals surface area (Å²) in [7, 11) is 0. The van der Waals surface area contributed by atoms with Crippen molar-refractivity contribution >= 4 is 17.7 Å². The number of fused-ring (bicyclic) bond motifs is 3. The van der Waals surface area contributed by atoms with E-state index in [2.05, 4.69) is 99.5 Å². The quantitative estimate of drug-likeness (QED) is 0.847. The fourth-order valence-electron chi connectivity index (χ4n) is 4.45. The van der Waals surface area contributed by atoms with Gasteiger partial charge in [-0.25, -0.2) is 0 Å². The van der Waals surface area contributed by atoms with Gasteiger partial charge in [0.2, 0.25) is 5.91 Å². The first-order valence-corrected chi connectivity index (χ1v) is 9.63. The smallest absolute Gasteiger partial charge is 0.241 e. The maximum absolute atomic E-state index is 12.3. The van der Waals surface area contributed by atoms with E-state index in [1.165, 1.54) is 11.1 Å². The first kappa shape index (κ1) is 17.8. The summed E-state index contributed by atoms with van der Waals surface area (Å²) in [5, 5.41) is 3.27. The predicted octanol–water partition coefficient (Wildman–Crippen LogP) is 4.62. The van der Waals surface area contributed by atoms with E-state index < -0.39 is 5.66 Å². The van der Waals surface area contributed by atoms with Gasteiger partial charge in [0.15, 0.2) is 0 Å². The van der Waals surface area contributed by atoms with E-state index in [-0.39, 0.29) is 16.7 Å². The molecule has 0 unspecified atom stereocenters. The summed E-state index contributed by atoms with van der Waals surface area (Å²) in [6.45, 7) is 11.5. The van der Waals surface area contributed by atoms with Crippen LogP contribution in [0.4, 0.5) is 5.69 Å². The highest BCUT2D eigenvalue weighted by Crippen LogP contribution is 2.52. The van der Waals surface area contributed by atoms with Crippen molar-refractivity contribution in [1.82, 2.24) is 5.32 Å². The molecule has 3 nitrogen and oxygen atoms in total. The van der Waals surface area contributed by atoms with Gasteiger partial charge in [-0.2, -0.15) is 0 Å². The minimum atomic E-state index is -0.531. The molecule has 1 saturated heterocycles. The average Bonchev–Trinajstić information content (AvgIpc) is 3.04. The Balaban J connectivity index is 1.73. The van der Waals surface area contributed by atoms with Crippen LogP contribution in [0.15, 0.2) is 54.6 Å². The molecule has 3 heteroatoms. The van der Waals surface area contributed by atoms with E-state index in [9.17, 15) is 4.79 Å². The van der Waals surface area contributed by atoms with Crippen molar-refractivity contribution in [2.75, 3.05) is 11.4 Å². The Labute approximate surface area is 162 Å². The molecule has 2 aliphatic rings.